The zero-order valence-corrected chi connectivity index (χ0v) is 30.3. The first-order chi connectivity index (χ1) is 24.7. The molecule has 7 N–H and O–H groups in total. The van der Waals surface area contributed by atoms with Gasteiger partial charge >= 0.3 is 16.4 Å². The maximum atomic E-state index is 13.4. The van der Waals surface area contributed by atoms with E-state index in [2.05, 4.69) is 41.5 Å². The number of hydrogen-bond acceptors (Lipinski definition) is 14. The van der Waals surface area contributed by atoms with Gasteiger partial charge in [0.15, 0.2) is 23.2 Å². The number of aromatic nitrogens is 3. The Morgan fingerprint density at radius 1 is 1.21 bits per heavy atom. The minimum atomic E-state index is -4.98. The molecule has 2 aliphatic heterocycles. The van der Waals surface area contributed by atoms with Crippen LogP contribution in [-0.4, -0.2) is 94.1 Å². The molecule has 0 saturated carbocycles. The topological polar surface area (TPSA) is 255 Å². The molecule has 2 aromatic heterocycles. The Bertz CT molecular complexity index is 1890. The van der Waals surface area contributed by atoms with Crippen molar-refractivity contribution >= 4 is 50.2 Å². The number of Topliss-reactive ketones (excluding diaryl/α,β-unsaturated/α-hetero) is 1. The molecule has 0 unspecified atom stereocenters. The fourth-order valence-corrected chi connectivity index (χ4v) is 6.83. The molecule has 3 aromatic rings. The van der Waals surface area contributed by atoms with E-state index in [1.54, 1.807) is 0 Å². The summed E-state index contributed by atoms with van der Waals surface area (Å²) in [7, 11) is -4.98. The molecule has 52 heavy (non-hydrogen) atoms. The van der Waals surface area contributed by atoms with Crippen LogP contribution in [-0.2, 0) is 47.0 Å². The number of ether oxygens (including phenoxy) is 1. The summed E-state index contributed by atoms with van der Waals surface area (Å²) in [5, 5.41) is 19.0. The van der Waals surface area contributed by atoms with Gasteiger partial charge in [-0.25, -0.2) is 9.78 Å². The van der Waals surface area contributed by atoms with Crippen molar-refractivity contribution in [3.63, 3.8) is 0 Å². The second-order valence-corrected chi connectivity index (χ2v) is 15.0. The van der Waals surface area contributed by atoms with Gasteiger partial charge < -0.3 is 31.5 Å². The molecule has 18 nitrogen and oxygen atoms in total. The summed E-state index contributed by atoms with van der Waals surface area (Å²) >= 11 is 1.01. The zero-order valence-electron chi connectivity index (χ0n) is 28.7. The molecule has 20 heteroatoms. The number of anilines is 1. The molecule has 2 fully saturated rings. The summed E-state index contributed by atoms with van der Waals surface area (Å²) in [5.74, 6) is -2.78. The molecular weight excluding hydrogens is 721 g/mol. The van der Waals surface area contributed by atoms with Crippen LogP contribution >= 0.6 is 11.3 Å². The van der Waals surface area contributed by atoms with Gasteiger partial charge in [-0.05, 0) is 50.9 Å². The number of hydroxylamine groups is 2. The number of aliphatic carboxylic acids is 1. The van der Waals surface area contributed by atoms with E-state index < -0.39 is 52.0 Å². The molecule has 5 rings (SSSR count). The second-order valence-electron chi connectivity index (χ2n) is 13.1. The van der Waals surface area contributed by atoms with Crippen LogP contribution in [0.25, 0.3) is 11.1 Å². The number of ketones is 1. The van der Waals surface area contributed by atoms with Crippen molar-refractivity contribution in [1.29, 1.82) is 0 Å². The molecule has 1 amide bonds. The second kappa shape index (κ2) is 16.5. The van der Waals surface area contributed by atoms with E-state index in [1.165, 1.54) is 19.2 Å². The Morgan fingerprint density at radius 3 is 2.52 bits per heavy atom. The Kier molecular flexibility index (Phi) is 12.3. The fourth-order valence-electron chi connectivity index (χ4n) is 5.82. The molecule has 2 saturated heterocycles. The molecule has 1 aromatic carbocycles. The SMILES string of the molecule is CC1(C)[C@H](CC(=O)/C(=N\O[C@@H](CCCOc2ccc(-c3cn(CCCN)[n+](CC4CNC4)c3)cc2)C(=O)O)c2csc(N)n2)C(=O)N1OS(=O)(=O)O. The molecule has 4 heterocycles. The van der Waals surface area contributed by atoms with Gasteiger partial charge in [-0.3, -0.25) is 14.1 Å². The highest BCUT2D eigenvalue weighted by Crippen LogP contribution is 2.40. The predicted octanol–water partition coefficient (Wildman–Crippen LogP) is 1.01. The van der Waals surface area contributed by atoms with Gasteiger partial charge in [0.2, 0.25) is 12.3 Å². The van der Waals surface area contributed by atoms with Crippen molar-refractivity contribution in [2.45, 2.75) is 64.3 Å². The third kappa shape index (κ3) is 9.49. The average Bonchev–Trinajstić information content (AvgIpc) is 3.69. The van der Waals surface area contributed by atoms with Gasteiger partial charge in [0.05, 0.1) is 36.4 Å². The largest absolute Gasteiger partial charge is 0.494 e. The van der Waals surface area contributed by atoms with Crippen LogP contribution in [0.2, 0.25) is 0 Å². The van der Waals surface area contributed by atoms with Crippen molar-refractivity contribution in [2.24, 2.45) is 22.7 Å². The predicted molar refractivity (Wildman–Crippen MR) is 187 cm³/mol. The fraction of sp³-hybridized carbons (Fsp3) is 0.500. The zero-order chi connectivity index (χ0) is 37.6. The summed E-state index contributed by atoms with van der Waals surface area (Å²) in [4.78, 5) is 47.4. The van der Waals surface area contributed by atoms with Crippen LogP contribution in [0, 0.1) is 11.8 Å². The number of nitrogens with two attached hydrogens (primary N) is 2. The summed E-state index contributed by atoms with van der Waals surface area (Å²) in [6, 6.07) is 7.63. The number of nitrogens with one attached hydrogen (secondary N) is 1. The number of carboxylic acid groups (broad SMARTS) is 1. The van der Waals surface area contributed by atoms with Gasteiger partial charge in [-0.15, -0.1) is 20.3 Å². The van der Waals surface area contributed by atoms with Crippen LogP contribution < -0.4 is 26.2 Å². The molecule has 0 aliphatic carbocycles. The number of amides is 1. The normalized spacial score (nSPS) is 18.1. The van der Waals surface area contributed by atoms with Crippen LogP contribution in [0.4, 0.5) is 5.13 Å². The smallest absolute Gasteiger partial charge is 0.418 e. The summed E-state index contributed by atoms with van der Waals surface area (Å²) in [5.41, 5.74) is 11.9. The summed E-state index contributed by atoms with van der Waals surface area (Å²) < 4.78 is 45.9. The average molecular weight is 764 g/mol. The number of oxime groups is 1. The number of carboxylic acids is 1. The van der Waals surface area contributed by atoms with E-state index in [4.69, 9.17) is 25.6 Å². The molecule has 0 radical (unpaired) electrons. The monoisotopic (exact) mass is 763 g/mol. The molecular formula is C32H43N8O10S2+. The standard InChI is InChI=1S/C32H42N8O10S2/c1-32(2)24(29(42)40(32)50-52(45,46)47)13-26(41)28(25-19-51-31(34)36-25)37-49-27(30(43)44)5-3-12-48-23-8-6-21(7-9-23)22-17-38(11-4-10-33)39(18-22)16-20-14-35-15-20/h6-9,17-20,24,27,35H,3-5,10-16,33H2,1-2H3,(H3-,34,36,43,44,45,46,47)/p+1/b37-28-/t24-,27+/m1/s1. The Balaban J connectivity index is 1.17. The number of carbonyl (C=O) groups is 3. The van der Waals surface area contributed by atoms with Gasteiger partial charge in [-0.1, -0.05) is 17.3 Å². The van der Waals surface area contributed by atoms with Crippen molar-refractivity contribution < 1.29 is 51.0 Å². The number of thiazole rings is 1. The van der Waals surface area contributed by atoms with E-state index in [0.717, 1.165) is 55.1 Å². The van der Waals surface area contributed by atoms with Crippen molar-refractivity contribution in [2.75, 3.05) is 32.0 Å². The first kappa shape index (κ1) is 38.8. The number of nitrogens with zero attached hydrogens (tertiary/aromatic N) is 5. The summed E-state index contributed by atoms with van der Waals surface area (Å²) in [6.45, 7) is 7.45. The van der Waals surface area contributed by atoms with Crippen molar-refractivity contribution in [3.8, 4) is 16.9 Å². The van der Waals surface area contributed by atoms with E-state index in [9.17, 15) is 27.9 Å². The number of rotatable bonds is 20. The lowest BCUT2D eigenvalue weighted by molar-refractivity contribution is -0.781. The highest BCUT2D eigenvalue weighted by atomic mass is 32.3. The Labute approximate surface area is 304 Å². The maximum Gasteiger partial charge on any atom is 0.418 e. The van der Waals surface area contributed by atoms with Crippen LogP contribution in [0.15, 0.2) is 47.2 Å². The lowest BCUT2D eigenvalue weighted by Crippen LogP contribution is -2.68. The molecule has 282 valence electrons. The highest BCUT2D eigenvalue weighted by molar-refractivity contribution is 7.80. The lowest BCUT2D eigenvalue weighted by Gasteiger charge is -2.50. The van der Waals surface area contributed by atoms with E-state index in [-0.39, 0.29) is 36.0 Å². The van der Waals surface area contributed by atoms with Crippen molar-refractivity contribution in [3.05, 3.63) is 47.7 Å². The molecule has 0 spiro atoms. The third-order valence-electron chi connectivity index (χ3n) is 8.88. The minimum absolute atomic E-state index is 0.0108. The molecule has 2 aliphatic rings. The third-order valence-corrected chi connectivity index (χ3v) is 9.90. The van der Waals surface area contributed by atoms with Crippen LogP contribution in [0.5, 0.6) is 5.75 Å². The minimum Gasteiger partial charge on any atom is -0.494 e. The van der Waals surface area contributed by atoms with Gasteiger partial charge in [0.25, 0.3) is 5.91 Å². The van der Waals surface area contributed by atoms with E-state index >= 15 is 0 Å². The van der Waals surface area contributed by atoms with Gasteiger partial charge in [0, 0.05) is 37.2 Å². The number of aryl methyl sites for hydroxylation is 1. The maximum absolute atomic E-state index is 13.4. The van der Waals surface area contributed by atoms with E-state index in [0.29, 0.717) is 23.3 Å². The quantitative estimate of drug-likeness (QED) is 0.0269. The lowest BCUT2D eigenvalue weighted by atomic mass is 9.74. The molecule has 0 bridgehead atoms. The summed E-state index contributed by atoms with van der Waals surface area (Å²) in [6.07, 6.45) is 3.49. The van der Waals surface area contributed by atoms with Crippen LogP contribution in [0.1, 0.15) is 45.2 Å². The van der Waals surface area contributed by atoms with Crippen LogP contribution in [0.3, 0.4) is 0 Å². The first-order valence-electron chi connectivity index (χ1n) is 16.6. The number of benzene rings is 1. The van der Waals surface area contributed by atoms with Crippen molar-refractivity contribution in [1.82, 2.24) is 20.0 Å². The molecule has 2 atom stereocenters. The van der Waals surface area contributed by atoms with Gasteiger partial charge in [-0.2, -0.15) is 18.2 Å². The Hall–Kier alpha value is -4.47. The number of nitrogen functional groups attached to an aromatic ring is 1. The number of carbonyl (C=O) groups excluding carboxylic acids is 2. The highest BCUT2D eigenvalue weighted by Gasteiger charge is 2.57. The Morgan fingerprint density at radius 2 is 1.94 bits per heavy atom. The first-order valence-corrected chi connectivity index (χ1v) is 18.9. The number of β-lactam (4-membered cyclic amide) rings is 1. The van der Waals surface area contributed by atoms with E-state index in [1.807, 2.05) is 24.3 Å². The number of hydrogen-bond donors (Lipinski definition) is 5. The van der Waals surface area contributed by atoms with Gasteiger partial charge in [0.1, 0.15) is 11.4 Å².